The van der Waals surface area contributed by atoms with E-state index in [1.807, 2.05) is 36.4 Å². The van der Waals surface area contributed by atoms with Crippen molar-refractivity contribution in [1.29, 1.82) is 0 Å². The number of β-amino-alcohol motifs (C(OH)–C–C–N with tert-alkyl or cyclic N) is 1. The number of fused-ring (bicyclic) bond motifs is 2. The number of amides is 8. The molecule has 91 heavy (non-hydrogen) atoms. The summed E-state index contributed by atoms with van der Waals surface area (Å²) in [4.78, 5) is 115. The van der Waals surface area contributed by atoms with Gasteiger partial charge in [-0.1, -0.05) is 37.3 Å². The monoisotopic (exact) mass is 1300 g/mol. The van der Waals surface area contributed by atoms with Crippen LogP contribution in [-0.2, 0) is 42.9 Å². The van der Waals surface area contributed by atoms with Crippen molar-refractivity contribution in [3.05, 3.63) is 102 Å². The van der Waals surface area contributed by atoms with Gasteiger partial charge in [0.1, 0.15) is 54.2 Å². The van der Waals surface area contributed by atoms with Gasteiger partial charge in [0.15, 0.2) is 11.5 Å². The van der Waals surface area contributed by atoms with Gasteiger partial charge in [-0.2, -0.15) is 0 Å². The number of carbonyl (C=O) groups is 8. The fraction of sp³-hybridized carbons (Fsp3) is 0.404. The number of ether oxygens (including phenoxy) is 1. The van der Waals surface area contributed by atoms with Crippen LogP contribution >= 0.6 is 12.3 Å². The molecule has 0 bridgehead atoms. The van der Waals surface area contributed by atoms with E-state index < -0.39 is 183 Å². The van der Waals surface area contributed by atoms with Crippen LogP contribution in [0.25, 0.3) is 34.0 Å². The molecule has 32 nitrogen and oxygen atoms in total. The number of nitrogens with two attached hydrogens (primary N) is 1. The van der Waals surface area contributed by atoms with E-state index in [0.717, 1.165) is 41.1 Å². The first kappa shape index (κ1) is 70.6. The molecule has 3 aliphatic heterocycles. The normalized spacial score (nSPS) is 25.0. The number of aromatic nitrogens is 2. The topological polar surface area (TPSA) is 490 Å². The molecular formula is C57H65N10NaO22S. The molecule has 4 aromatic carbocycles. The van der Waals surface area contributed by atoms with Crippen LogP contribution in [0, 0.1) is 5.92 Å². The third-order valence-electron chi connectivity index (χ3n) is 15.3. The molecule has 4 heterocycles. The second-order valence-electron chi connectivity index (χ2n) is 21.6. The van der Waals surface area contributed by atoms with Crippen LogP contribution in [-0.4, -0.2) is 208 Å². The number of nitrogens with zero attached hydrogens (tertiary/aromatic N) is 4. The van der Waals surface area contributed by atoms with Gasteiger partial charge in [0.05, 0.1) is 44.1 Å². The van der Waals surface area contributed by atoms with E-state index in [9.17, 15) is 84.5 Å². The van der Waals surface area contributed by atoms with E-state index in [4.69, 9.17) is 19.1 Å². The molecule has 482 valence electrons. The van der Waals surface area contributed by atoms with E-state index in [-0.39, 0.29) is 64.8 Å². The van der Waals surface area contributed by atoms with Crippen LogP contribution in [0.5, 0.6) is 17.2 Å². The number of benzene rings is 4. The van der Waals surface area contributed by atoms with Gasteiger partial charge in [0.25, 0.3) is 18.2 Å². The molecule has 0 radical (unpaired) electrons. The Kier molecular flexibility index (Phi) is 24.4. The number of aromatic hydroxyl groups is 1. The molecule has 0 aliphatic carbocycles. The third-order valence-corrected chi connectivity index (χ3v) is 15.7. The maximum absolute atomic E-state index is 14.7. The summed E-state index contributed by atoms with van der Waals surface area (Å²) in [5, 5.41) is 124. The van der Waals surface area contributed by atoms with E-state index in [0.29, 0.717) is 21.8 Å². The summed E-state index contributed by atoms with van der Waals surface area (Å²) in [6, 6.07) is 11.0. The Bertz CT molecular complexity index is 3410. The zero-order valence-electron chi connectivity index (χ0n) is 49.1. The summed E-state index contributed by atoms with van der Waals surface area (Å²) in [7, 11) is 1.58. The van der Waals surface area contributed by atoms with Crippen LogP contribution in [0.3, 0.4) is 0 Å². The Morgan fingerprint density at radius 2 is 1.34 bits per heavy atom. The standard InChI is InChI=1S/C57H66N10O22S.Na/c1-25-23-67-45(46(25)74)53(81)59-22-33(69)19-36(60-49(77)29-6-10-31(11-7-29)55-65-64-54(86-55)30-8-4-27(5-9-30)28-12-15-35(85-3)16-13-28)50(78)61-42(26(2)68)56(82)66-24-34(70)20-37(66)51(79)63-44(52(80)62-43(57(67)83)39(72)21-41(58)73)48(76)47(75)32-14-17-38(71)40(18-32)87-90-89-88-84;/h4-18,25-26,33-34,36-37,39,42-48,68-72,74-76,84H,19-24H2,1-3H3,(H2,58,73)(H,59,81)(H,60,77)(H,61,78)(H,62,80)(H,63,79);/q;+1/p-1. The molecule has 3 aliphatic rings. The van der Waals surface area contributed by atoms with Crippen molar-refractivity contribution in [3.63, 3.8) is 0 Å². The van der Waals surface area contributed by atoms with Crippen molar-refractivity contribution in [2.24, 2.45) is 11.7 Å². The Morgan fingerprint density at radius 3 is 1.95 bits per heavy atom. The van der Waals surface area contributed by atoms with Crippen molar-refractivity contribution in [3.8, 4) is 51.3 Å². The number of carbonyl (C=O) groups excluding carboxylic acids is 8. The molecule has 14 atom stereocenters. The van der Waals surface area contributed by atoms with Gasteiger partial charge >= 0.3 is 29.6 Å². The van der Waals surface area contributed by atoms with E-state index in [2.05, 4.69) is 46.2 Å². The number of aliphatic hydroxyl groups excluding tert-OH is 7. The first-order valence-corrected chi connectivity index (χ1v) is 28.5. The van der Waals surface area contributed by atoms with Gasteiger partial charge in [-0.15, -0.1) is 14.5 Å². The van der Waals surface area contributed by atoms with Gasteiger partial charge in [-0.05, 0) is 84.3 Å². The molecule has 3 saturated heterocycles. The minimum atomic E-state index is -2.55. The zero-order chi connectivity index (χ0) is 65.2. The molecule has 0 saturated carbocycles. The second kappa shape index (κ2) is 31.4. The van der Waals surface area contributed by atoms with Crippen LogP contribution < -0.4 is 76.1 Å². The summed E-state index contributed by atoms with van der Waals surface area (Å²) >= 11 is -0.0902. The number of hydrogen-bond donors (Lipinski definition) is 14. The number of methoxy groups -OCH3 is 1. The third kappa shape index (κ3) is 17.0. The maximum atomic E-state index is 14.7. The quantitative estimate of drug-likeness (QED) is 0.0135. The van der Waals surface area contributed by atoms with Crippen molar-refractivity contribution >= 4 is 59.6 Å². The number of nitrogens with one attached hydrogen (secondary N) is 5. The number of rotatable bonds is 17. The zero-order valence-corrected chi connectivity index (χ0v) is 51.9. The molecule has 1 aromatic heterocycles. The number of primary amides is 1. The maximum Gasteiger partial charge on any atom is 1.00 e. The van der Waals surface area contributed by atoms with E-state index in [1.54, 1.807) is 19.2 Å². The Hall–Kier alpha value is -7.87. The fourth-order valence-corrected chi connectivity index (χ4v) is 10.7. The fourth-order valence-electron chi connectivity index (χ4n) is 10.5. The molecule has 15 N–H and O–H groups in total. The number of phenolic OH excluding ortho intramolecular Hbond substituents is 1. The van der Waals surface area contributed by atoms with Gasteiger partial charge in [-0.25, -0.2) is 0 Å². The summed E-state index contributed by atoms with van der Waals surface area (Å²) < 4.78 is 20.2. The molecule has 8 rings (SSSR count). The Morgan fingerprint density at radius 1 is 0.758 bits per heavy atom. The molecule has 14 unspecified atom stereocenters. The molecule has 5 aromatic rings. The molecule has 0 spiro atoms. The number of phenols is 1. The summed E-state index contributed by atoms with van der Waals surface area (Å²) in [6.07, 6.45) is -16.3. The molecular weight excluding hydrogens is 1230 g/mol. The van der Waals surface area contributed by atoms with Crippen LogP contribution in [0.4, 0.5) is 0 Å². The second-order valence-corrected chi connectivity index (χ2v) is 22.1. The largest absolute Gasteiger partial charge is 1.00 e. The van der Waals surface area contributed by atoms with Crippen molar-refractivity contribution in [2.75, 3.05) is 26.7 Å². The van der Waals surface area contributed by atoms with Crippen molar-refractivity contribution in [2.45, 2.75) is 112 Å². The van der Waals surface area contributed by atoms with Crippen LogP contribution in [0.1, 0.15) is 55.1 Å². The number of aliphatic hydroxyl groups is 7. The Balaban J connectivity index is 0.0000118. The van der Waals surface area contributed by atoms with E-state index >= 15 is 0 Å². The van der Waals surface area contributed by atoms with Crippen LogP contribution in [0.15, 0.2) is 95.4 Å². The van der Waals surface area contributed by atoms with E-state index in [1.165, 1.54) is 31.2 Å². The van der Waals surface area contributed by atoms with Gasteiger partial charge < -0.3 is 102 Å². The summed E-state index contributed by atoms with van der Waals surface area (Å²) in [5.41, 5.74) is 7.79. The first-order valence-electron chi connectivity index (χ1n) is 27.8. The van der Waals surface area contributed by atoms with Gasteiger partial charge in [0, 0.05) is 55.1 Å². The van der Waals surface area contributed by atoms with Crippen molar-refractivity contribution in [1.82, 2.24) is 46.6 Å². The van der Waals surface area contributed by atoms with Gasteiger partial charge in [-0.3, -0.25) is 43.4 Å². The van der Waals surface area contributed by atoms with Crippen LogP contribution in [0.2, 0.25) is 0 Å². The minimum absolute atomic E-state index is 0. The predicted molar refractivity (Wildman–Crippen MR) is 306 cm³/mol. The van der Waals surface area contributed by atoms with Gasteiger partial charge in [0.2, 0.25) is 53.1 Å². The molecule has 34 heteroatoms. The Labute approximate surface area is 543 Å². The first-order chi connectivity index (χ1) is 42.9. The summed E-state index contributed by atoms with van der Waals surface area (Å²) in [6.45, 7) is 0.621. The minimum Gasteiger partial charge on any atom is -0.691 e. The molecule has 8 amide bonds. The molecule has 3 fully saturated rings. The smallest absolute Gasteiger partial charge is 0.691 e. The average molecular weight is 1300 g/mol. The van der Waals surface area contributed by atoms with Crippen molar-refractivity contribution < 1.29 is 137 Å². The number of hydrogen-bond acceptors (Lipinski definition) is 25. The predicted octanol–water partition coefficient (Wildman–Crippen LogP) is -6.73. The average Bonchev–Trinajstić information content (AvgIpc) is 2.02. The summed E-state index contributed by atoms with van der Waals surface area (Å²) in [5.74, 6) is -11.2. The SMILES string of the molecule is COc1ccc(-c2ccc(-c3nnc(-c4ccc(C(=O)NC5CC(O)CNC(=O)C6C(O)C(C)CN6C(=O)C(C(O)CC(N)=O)NC(=O)C(C(O)C(O)c6ccc(O)c(OSOO[O-])c6)NC(=O)C6CC(O)CN6C(=O)C(C(C)O)NC5=O)cc4)o3)cc2)cc1.[Na+].